The summed E-state index contributed by atoms with van der Waals surface area (Å²) in [7, 11) is 1.93. The van der Waals surface area contributed by atoms with Crippen LogP contribution in [0.4, 0.5) is 0 Å². The molecule has 94 valence electrons. The number of aryl methyl sites for hydroxylation is 1. The standard InChI is InChI=1S/C14H12N4O/c1-18-8-16-11-7-15-13(17-14(11)18)10-2-3-12-9(6-10)4-5-19-12/h2-3,6-8H,4-5H2,1H3. The average molecular weight is 252 g/mol. The summed E-state index contributed by atoms with van der Waals surface area (Å²) in [5, 5.41) is 0. The van der Waals surface area contributed by atoms with Crippen molar-refractivity contribution in [1.29, 1.82) is 0 Å². The molecule has 1 aliphatic rings. The Morgan fingerprint density at radius 1 is 1.26 bits per heavy atom. The first kappa shape index (κ1) is 10.5. The van der Waals surface area contributed by atoms with Gasteiger partial charge in [-0.1, -0.05) is 0 Å². The van der Waals surface area contributed by atoms with Crippen LogP contribution in [0.25, 0.3) is 22.6 Å². The summed E-state index contributed by atoms with van der Waals surface area (Å²) in [5.74, 6) is 1.70. The van der Waals surface area contributed by atoms with Crippen LogP contribution in [0, 0.1) is 0 Å². The predicted molar refractivity (Wildman–Crippen MR) is 70.9 cm³/mol. The van der Waals surface area contributed by atoms with Crippen molar-refractivity contribution < 1.29 is 4.74 Å². The first-order valence-electron chi connectivity index (χ1n) is 6.21. The Labute approximate surface area is 109 Å². The number of imidazole rings is 1. The Balaban J connectivity index is 1.87. The van der Waals surface area contributed by atoms with Gasteiger partial charge < -0.3 is 9.30 Å². The van der Waals surface area contributed by atoms with Crippen molar-refractivity contribution in [2.24, 2.45) is 7.05 Å². The molecule has 0 saturated carbocycles. The van der Waals surface area contributed by atoms with E-state index in [9.17, 15) is 0 Å². The summed E-state index contributed by atoms with van der Waals surface area (Å²) >= 11 is 0. The molecule has 0 spiro atoms. The Bertz CT molecular complexity index is 778. The third-order valence-corrected chi connectivity index (χ3v) is 3.40. The van der Waals surface area contributed by atoms with E-state index in [2.05, 4.69) is 21.0 Å². The third-order valence-electron chi connectivity index (χ3n) is 3.40. The SMILES string of the molecule is Cn1cnc2cnc(-c3ccc4c(c3)CCO4)nc21. The number of ether oxygens (including phenoxy) is 1. The molecule has 1 aliphatic heterocycles. The molecule has 19 heavy (non-hydrogen) atoms. The molecule has 0 N–H and O–H groups in total. The fourth-order valence-corrected chi connectivity index (χ4v) is 2.39. The molecule has 0 atom stereocenters. The molecule has 1 aromatic carbocycles. The van der Waals surface area contributed by atoms with Crippen LogP contribution in [-0.4, -0.2) is 26.1 Å². The van der Waals surface area contributed by atoms with Crippen molar-refractivity contribution in [3.8, 4) is 17.1 Å². The number of benzene rings is 1. The lowest BCUT2D eigenvalue weighted by atomic mass is 10.1. The smallest absolute Gasteiger partial charge is 0.163 e. The van der Waals surface area contributed by atoms with Gasteiger partial charge in [0.1, 0.15) is 11.3 Å². The van der Waals surface area contributed by atoms with E-state index in [0.717, 1.165) is 41.3 Å². The van der Waals surface area contributed by atoms with E-state index in [1.807, 2.05) is 23.7 Å². The molecule has 0 fully saturated rings. The van der Waals surface area contributed by atoms with Gasteiger partial charge in [0.25, 0.3) is 0 Å². The second-order valence-electron chi connectivity index (χ2n) is 4.68. The molecule has 0 aliphatic carbocycles. The molecule has 2 aromatic heterocycles. The number of rotatable bonds is 1. The first-order valence-corrected chi connectivity index (χ1v) is 6.21. The van der Waals surface area contributed by atoms with E-state index in [4.69, 9.17) is 4.74 Å². The lowest BCUT2D eigenvalue weighted by Crippen LogP contribution is -1.93. The van der Waals surface area contributed by atoms with Gasteiger partial charge in [-0.2, -0.15) is 0 Å². The van der Waals surface area contributed by atoms with Crippen molar-refractivity contribution in [3.63, 3.8) is 0 Å². The average Bonchev–Trinajstić information content (AvgIpc) is 3.05. The van der Waals surface area contributed by atoms with Gasteiger partial charge in [-0.3, -0.25) is 0 Å². The van der Waals surface area contributed by atoms with Crippen LogP contribution < -0.4 is 4.74 Å². The van der Waals surface area contributed by atoms with E-state index in [1.165, 1.54) is 5.56 Å². The number of hydrogen-bond acceptors (Lipinski definition) is 4. The van der Waals surface area contributed by atoms with Crippen molar-refractivity contribution in [1.82, 2.24) is 19.5 Å². The number of aromatic nitrogens is 4. The quantitative estimate of drug-likeness (QED) is 0.664. The Morgan fingerprint density at radius 2 is 2.21 bits per heavy atom. The monoisotopic (exact) mass is 252 g/mol. The Hall–Kier alpha value is -2.43. The molecule has 3 heterocycles. The Morgan fingerprint density at radius 3 is 3.16 bits per heavy atom. The zero-order chi connectivity index (χ0) is 12.8. The fraction of sp³-hybridized carbons (Fsp3) is 0.214. The van der Waals surface area contributed by atoms with Crippen LogP contribution >= 0.6 is 0 Å². The van der Waals surface area contributed by atoms with E-state index in [1.54, 1.807) is 12.5 Å². The van der Waals surface area contributed by atoms with Crippen LogP contribution in [0.2, 0.25) is 0 Å². The molecule has 5 nitrogen and oxygen atoms in total. The molecule has 0 unspecified atom stereocenters. The van der Waals surface area contributed by atoms with Gasteiger partial charge in [0, 0.05) is 19.0 Å². The third kappa shape index (κ3) is 1.58. The normalized spacial score (nSPS) is 13.5. The summed E-state index contributed by atoms with van der Waals surface area (Å²) in [6.07, 6.45) is 4.47. The summed E-state index contributed by atoms with van der Waals surface area (Å²) in [4.78, 5) is 13.2. The highest BCUT2D eigenvalue weighted by Gasteiger charge is 2.14. The Kier molecular flexibility index (Phi) is 2.09. The van der Waals surface area contributed by atoms with Gasteiger partial charge in [0.2, 0.25) is 0 Å². The van der Waals surface area contributed by atoms with Crippen molar-refractivity contribution in [3.05, 3.63) is 36.3 Å². The maximum atomic E-state index is 5.51. The van der Waals surface area contributed by atoms with Gasteiger partial charge in [-0.15, -0.1) is 0 Å². The van der Waals surface area contributed by atoms with Gasteiger partial charge in [-0.05, 0) is 23.8 Å². The largest absolute Gasteiger partial charge is 0.493 e. The zero-order valence-electron chi connectivity index (χ0n) is 10.5. The molecule has 3 aromatic rings. The predicted octanol–water partition coefficient (Wildman–Crippen LogP) is 1.97. The van der Waals surface area contributed by atoms with E-state index < -0.39 is 0 Å². The van der Waals surface area contributed by atoms with E-state index >= 15 is 0 Å². The summed E-state index contributed by atoms with van der Waals surface area (Å²) in [5.41, 5.74) is 3.91. The highest BCUT2D eigenvalue weighted by molar-refractivity contribution is 5.73. The molecular weight excluding hydrogens is 240 g/mol. The minimum atomic E-state index is 0.728. The van der Waals surface area contributed by atoms with Crippen LogP contribution in [-0.2, 0) is 13.5 Å². The van der Waals surface area contributed by atoms with Crippen molar-refractivity contribution in [2.45, 2.75) is 6.42 Å². The van der Waals surface area contributed by atoms with Crippen molar-refractivity contribution >= 4 is 11.2 Å². The van der Waals surface area contributed by atoms with Gasteiger partial charge in [0.05, 0.1) is 19.1 Å². The highest BCUT2D eigenvalue weighted by Crippen LogP contribution is 2.29. The fourth-order valence-electron chi connectivity index (χ4n) is 2.39. The molecule has 0 amide bonds. The summed E-state index contributed by atoms with van der Waals surface area (Å²) in [6, 6.07) is 6.11. The van der Waals surface area contributed by atoms with Gasteiger partial charge in [0.15, 0.2) is 11.5 Å². The lowest BCUT2D eigenvalue weighted by molar-refractivity contribution is 0.357. The highest BCUT2D eigenvalue weighted by atomic mass is 16.5. The minimum Gasteiger partial charge on any atom is -0.493 e. The zero-order valence-corrected chi connectivity index (χ0v) is 10.5. The summed E-state index contributed by atoms with van der Waals surface area (Å²) in [6.45, 7) is 0.764. The van der Waals surface area contributed by atoms with Gasteiger partial charge >= 0.3 is 0 Å². The van der Waals surface area contributed by atoms with E-state index in [0.29, 0.717) is 0 Å². The topological polar surface area (TPSA) is 52.8 Å². The lowest BCUT2D eigenvalue weighted by Gasteiger charge is -2.03. The molecule has 0 bridgehead atoms. The maximum absolute atomic E-state index is 5.51. The molecule has 0 radical (unpaired) electrons. The maximum Gasteiger partial charge on any atom is 0.163 e. The number of nitrogens with zero attached hydrogens (tertiary/aromatic N) is 4. The van der Waals surface area contributed by atoms with Crippen LogP contribution in [0.5, 0.6) is 5.75 Å². The van der Waals surface area contributed by atoms with Gasteiger partial charge in [-0.25, -0.2) is 15.0 Å². The first-order chi connectivity index (χ1) is 9.31. The summed E-state index contributed by atoms with van der Waals surface area (Å²) < 4.78 is 7.41. The molecule has 5 heteroatoms. The van der Waals surface area contributed by atoms with Crippen LogP contribution in [0.3, 0.4) is 0 Å². The van der Waals surface area contributed by atoms with Crippen LogP contribution in [0.1, 0.15) is 5.56 Å². The minimum absolute atomic E-state index is 0.728. The van der Waals surface area contributed by atoms with Crippen LogP contribution in [0.15, 0.2) is 30.7 Å². The number of hydrogen-bond donors (Lipinski definition) is 0. The molecule has 4 rings (SSSR count). The molecule has 0 saturated heterocycles. The van der Waals surface area contributed by atoms with E-state index in [-0.39, 0.29) is 0 Å². The number of fused-ring (bicyclic) bond motifs is 2. The second kappa shape index (κ2) is 3.78. The second-order valence-corrected chi connectivity index (χ2v) is 4.68. The van der Waals surface area contributed by atoms with Crippen molar-refractivity contribution in [2.75, 3.05) is 6.61 Å². The molecular formula is C14H12N4O.